The minimum absolute atomic E-state index is 0.0116. The third-order valence-electron chi connectivity index (χ3n) is 3.26. The van der Waals surface area contributed by atoms with Gasteiger partial charge in [-0.05, 0) is 24.3 Å². The molecule has 0 aliphatic rings. The summed E-state index contributed by atoms with van der Waals surface area (Å²) in [5, 5.41) is 1.24. The first kappa shape index (κ1) is 15.6. The topological polar surface area (TPSA) is 68.3 Å². The Balaban J connectivity index is 1.99. The van der Waals surface area contributed by atoms with Crippen LogP contribution in [-0.2, 0) is 10.0 Å². The minimum atomic E-state index is -3.82. The highest BCUT2D eigenvalue weighted by molar-refractivity contribution is 7.92. The van der Waals surface area contributed by atoms with Gasteiger partial charge in [-0.25, -0.2) is 8.42 Å². The van der Waals surface area contributed by atoms with E-state index in [-0.39, 0.29) is 10.6 Å². The van der Waals surface area contributed by atoms with Crippen molar-refractivity contribution in [1.82, 2.24) is 4.98 Å². The fourth-order valence-corrected chi connectivity index (χ4v) is 3.55. The molecule has 0 amide bonds. The first-order valence-electron chi connectivity index (χ1n) is 6.71. The van der Waals surface area contributed by atoms with Crippen molar-refractivity contribution >= 4 is 38.2 Å². The second-order valence-electron chi connectivity index (χ2n) is 4.82. The van der Waals surface area contributed by atoms with Gasteiger partial charge in [-0.15, -0.1) is 0 Å². The number of sulfonamides is 1. The lowest BCUT2D eigenvalue weighted by molar-refractivity contribution is 0.403. The largest absolute Gasteiger partial charge is 0.495 e. The Bertz CT molecular complexity index is 974. The lowest BCUT2D eigenvalue weighted by atomic mass is 10.2. The lowest BCUT2D eigenvalue weighted by Gasteiger charge is -2.12. The van der Waals surface area contributed by atoms with E-state index in [9.17, 15) is 8.42 Å². The first-order valence-corrected chi connectivity index (χ1v) is 8.57. The summed E-state index contributed by atoms with van der Waals surface area (Å²) in [5.74, 6) is 0.179. The first-order chi connectivity index (χ1) is 11.0. The summed E-state index contributed by atoms with van der Waals surface area (Å²) >= 11 is 5.87. The fraction of sp³-hybridized carbons (Fsp3) is 0.0625. The molecule has 2 aromatic carbocycles. The molecule has 0 fully saturated rings. The number of hydrogen-bond donors (Lipinski definition) is 1. The van der Waals surface area contributed by atoms with Crippen LogP contribution in [0.5, 0.6) is 5.75 Å². The van der Waals surface area contributed by atoms with Gasteiger partial charge in [0, 0.05) is 16.5 Å². The SMILES string of the molecule is COc1cc(Cl)ccc1S(=O)(=O)Nc1cnc2ccccc2c1. The van der Waals surface area contributed by atoms with Crippen molar-refractivity contribution in [2.45, 2.75) is 4.90 Å². The van der Waals surface area contributed by atoms with Crippen LogP contribution in [0.2, 0.25) is 5.02 Å². The third-order valence-corrected chi connectivity index (χ3v) is 4.91. The average Bonchev–Trinajstić information content (AvgIpc) is 2.54. The molecule has 23 heavy (non-hydrogen) atoms. The molecule has 3 rings (SSSR count). The summed E-state index contributed by atoms with van der Waals surface area (Å²) in [4.78, 5) is 4.25. The molecule has 1 N–H and O–H groups in total. The number of hydrogen-bond acceptors (Lipinski definition) is 4. The number of rotatable bonds is 4. The van der Waals surface area contributed by atoms with Gasteiger partial charge in [0.05, 0.1) is 24.5 Å². The molecule has 7 heteroatoms. The molecule has 0 unspecified atom stereocenters. The van der Waals surface area contributed by atoms with E-state index in [0.29, 0.717) is 10.7 Å². The third kappa shape index (κ3) is 3.23. The summed E-state index contributed by atoms with van der Waals surface area (Å²) in [6.07, 6.45) is 1.47. The van der Waals surface area contributed by atoms with Crippen LogP contribution in [0.25, 0.3) is 10.9 Å². The zero-order valence-corrected chi connectivity index (χ0v) is 13.7. The molecule has 3 aromatic rings. The van der Waals surface area contributed by atoms with Crippen LogP contribution in [0.3, 0.4) is 0 Å². The number of para-hydroxylation sites is 1. The van der Waals surface area contributed by atoms with Crippen molar-refractivity contribution in [3.63, 3.8) is 0 Å². The van der Waals surface area contributed by atoms with Crippen molar-refractivity contribution in [1.29, 1.82) is 0 Å². The second kappa shape index (κ2) is 6.06. The molecule has 0 saturated carbocycles. The van der Waals surface area contributed by atoms with Crippen LogP contribution in [-0.4, -0.2) is 20.5 Å². The van der Waals surface area contributed by atoms with Gasteiger partial charge in [-0.3, -0.25) is 9.71 Å². The van der Waals surface area contributed by atoms with Gasteiger partial charge < -0.3 is 4.74 Å². The summed E-state index contributed by atoms with van der Waals surface area (Å²) < 4.78 is 32.7. The molecule has 0 bridgehead atoms. The van der Waals surface area contributed by atoms with Gasteiger partial charge in [0.2, 0.25) is 0 Å². The maximum atomic E-state index is 12.6. The molecule has 1 aromatic heterocycles. The zero-order chi connectivity index (χ0) is 16.4. The average molecular weight is 349 g/mol. The van der Waals surface area contributed by atoms with E-state index >= 15 is 0 Å². The minimum Gasteiger partial charge on any atom is -0.495 e. The van der Waals surface area contributed by atoms with Crippen molar-refractivity contribution in [3.8, 4) is 5.75 Å². The predicted octanol–water partition coefficient (Wildman–Crippen LogP) is 3.70. The summed E-state index contributed by atoms with van der Waals surface area (Å²) in [6, 6.07) is 13.5. The quantitative estimate of drug-likeness (QED) is 0.780. The number of aromatic nitrogens is 1. The van der Waals surface area contributed by atoms with E-state index in [2.05, 4.69) is 9.71 Å². The second-order valence-corrected chi connectivity index (χ2v) is 6.90. The van der Waals surface area contributed by atoms with Gasteiger partial charge in [-0.1, -0.05) is 29.8 Å². The van der Waals surface area contributed by atoms with Crippen LogP contribution in [0.1, 0.15) is 0 Å². The van der Waals surface area contributed by atoms with Gasteiger partial charge in [0.25, 0.3) is 10.0 Å². The van der Waals surface area contributed by atoms with E-state index in [1.165, 1.54) is 31.5 Å². The van der Waals surface area contributed by atoms with Crippen molar-refractivity contribution < 1.29 is 13.2 Å². The molecule has 118 valence electrons. The predicted molar refractivity (Wildman–Crippen MR) is 90.6 cm³/mol. The molecule has 0 aliphatic carbocycles. The van der Waals surface area contributed by atoms with Crippen LogP contribution in [0, 0.1) is 0 Å². The Hall–Kier alpha value is -2.31. The van der Waals surface area contributed by atoms with E-state index < -0.39 is 10.0 Å². The number of benzene rings is 2. The van der Waals surface area contributed by atoms with E-state index in [4.69, 9.17) is 16.3 Å². The van der Waals surface area contributed by atoms with Crippen LogP contribution < -0.4 is 9.46 Å². The van der Waals surface area contributed by atoms with Crippen LogP contribution in [0.15, 0.2) is 59.6 Å². The number of ether oxygens (including phenoxy) is 1. The van der Waals surface area contributed by atoms with Gasteiger partial charge in [0.15, 0.2) is 0 Å². The van der Waals surface area contributed by atoms with Crippen molar-refractivity contribution in [3.05, 3.63) is 59.8 Å². The Labute approximate surface area is 138 Å². The zero-order valence-electron chi connectivity index (χ0n) is 12.2. The monoisotopic (exact) mass is 348 g/mol. The number of pyridine rings is 1. The highest BCUT2D eigenvalue weighted by atomic mass is 35.5. The maximum Gasteiger partial charge on any atom is 0.265 e. The van der Waals surface area contributed by atoms with Gasteiger partial charge in [0.1, 0.15) is 10.6 Å². The molecule has 0 saturated heterocycles. The Morgan fingerprint density at radius 2 is 1.91 bits per heavy atom. The van der Waals surface area contributed by atoms with E-state index in [0.717, 1.165) is 10.9 Å². The molecular formula is C16H13ClN2O3S. The number of nitrogens with zero attached hydrogens (tertiary/aromatic N) is 1. The van der Waals surface area contributed by atoms with Crippen molar-refractivity contribution in [2.75, 3.05) is 11.8 Å². The van der Waals surface area contributed by atoms with Crippen LogP contribution in [0.4, 0.5) is 5.69 Å². The van der Waals surface area contributed by atoms with E-state index in [1.807, 2.05) is 24.3 Å². The smallest absolute Gasteiger partial charge is 0.265 e. The van der Waals surface area contributed by atoms with E-state index in [1.54, 1.807) is 6.07 Å². The maximum absolute atomic E-state index is 12.6. The Kier molecular flexibility index (Phi) is 4.11. The van der Waals surface area contributed by atoms with Gasteiger partial charge in [-0.2, -0.15) is 0 Å². The molecular weight excluding hydrogens is 336 g/mol. The summed E-state index contributed by atoms with van der Waals surface area (Å²) in [5.41, 5.74) is 1.17. The van der Waals surface area contributed by atoms with Crippen LogP contribution >= 0.6 is 11.6 Å². The lowest BCUT2D eigenvalue weighted by Crippen LogP contribution is -2.14. The standard InChI is InChI=1S/C16H13ClN2O3S/c1-22-15-9-12(17)6-7-16(15)23(20,21)19-13-8-11-4-2-3-5-14(11)18-10-13/h2-10,19H,1H3. The number of fused-ring (bicyclic) bond motifs is 1. The molecule has 0 radical (unpaired) electrons. The summed E-state index contributed by atoms with van der Waals surface area (Å²) in [6.45, 7) is 0. The van der Waals surface area contributed by atoms with Gasteiger partial charge >= 0.3 is 0 Å². The molecule has 0 aliphatic heterocycles. The van der Waals surface area contributed by atoms with Crippen molar-refractivity contribution in [2.24, 2.45) is 0 Å². The highest BCUT2D eigenvalue weighted by Crippen LogP contribution is 2.29. The normalized spacial score (nSPS) is 11.4. The molecule has 1 heterocycles. The number of anilines is 1. The summed E-state index contributed by atoms with van der Waals surface area (Å²) in [7, 11) is -2.42. The number of halogens is 1. The fourth-order valence-electron chi connectivity index (χ4n) is 2.20. The molecule has 0 spiro atoms. The Morgan fingerprint density at radius 1 is 1.13 bits per heavy atom. The Morgan fingerprint density at radius 3 is 2.70 bits per heavy atom. The molecule has 5 nitrogen and oxygen atoms in total. The number of methoxy groups -OCH3 is 1. The highest BCUT2D eigenvalue weighted by Gasteiger charge is 2.20. The number of nitrogens with one attached hydrogen (secondary N) is 1. The molecule has 0 atom stereocenters.